The van der Waals surface area contributed by atoms with Crippen LogP contribution in [0.2, 0.25) is 5.02 Å². The van der Waals surface area contributed by atoms with E-state index in [1.165, 1.54) is 0 Å². The molecule has 0 aliphatic heterocycles. The maximum absolute atomic E-state index is 8.83. The molecule has 8 heteroatoms. The van der Waals surface area contributed by atoms with E-state index in [-0.39, 0.29) is 5.41 Å². The summed E-state index contributed by atoms with van der Waals surface area (Å²) >= 11 is 6.12. The smallest absolute Gasteiger partial charge is 0.0637 e. The molecule has 2 saturated carbocycles. The summed E-state index contributed by atoms with van der Waals surface area (Å²) in [6.45, 7) is 10.2. The van der Waals surface area contributed by atoms with Gasteiger partial charge in [0.15, 0.2) is 0 Å². The van der Waals surface area contributed by atoms with Gasteiger partial charge in [-0.1, -0.05) is 58.4 Å². The minimum atomic E-state index is 0.230. The molecule has 0 saturated heterocycles. The van der Waals surface area contributed by atoms with Crippen LogP contribution < -0.4 is 16.4 Å². The van der Waals surface area contributed by atoms with E-state index < -0.39 is 0 Å². The summed E-state index contributed by atoms with van der Waals surface area (Å²) < 4.78 is 0. The zero-order valence-corrected chi connectivity index (χ0v) is 27.7. The van der Waals surface area contributed by atoms with Gasteiger partial charge in [-0.05, 0) is 99.1 Å². The van der Waals surface area contributed by atoms with Crippen molar-refractivity contribution in [1.29, 1.82) is 21.3 Å². The largest absolute Gasteiger partial charge is 0.399 e. The first-order valence-electron chi connectivity index (χ1n) is 15.7. The Labute approximate surface area is 266 Å². The average molecular weight is 608 g/mol. The fourth-order valence-electron chi connectivity index (χ4n) is 5.08. The molecule has 6 N–H and O–H groups in total. The molecule has 2 aromatic rings. The lowest BCUT2D eigenvalue weighted by Gasteiger charge is -2.36. The van der Waals surface area contributed by atoms with Crippen LogP contribution in [0.4, 0.5) is 17.1 Å². The highest BCUT2D eigenvalue weighted by Crippen LogP contribution is 2.39. The summed E-state index contributed by atoms with van der Waals surface area (Å²) in [6, 6.07) is 21.4. The number of rotatable bonds is 7. The van der Waals surface area contributed by atoms with E-state index in [0.29, 0.717) is 30.8 Å². The van der Waals surface area contributed by atoms with Gasteiger partial charge in [0.25, 0.3) is 0 Å². The Morgan fingerprint density at radius 3 is 1.86 bits per heavy atom. The number of benzene rings is 2. The molecule has 0 atom stereocenters. The van der Waals surface area contributed by atoms with Crippen LogP contribution in [0.15, 0.2) is 48.5 Å². The van der Waals surface area contributed by atoms with Gasteiger partial charge in [0, 0.05) is 48.7 Å². The van der Waals surface area contributed by atoms with Gasteiger partial charge >= 0.3 is 0 Å². The molecule has 43 heavy (non-hydrogen) atoms. The molecule has 0 heterocycles. The molecule has 4 rings (SSSR count). The van der Waals surface area contributed by atoms with Gasteiger partial charge in [0.05, 0.1) is 22.8 Å². The van der Waals surface area contributed by atoms with E-state index in [1.807, 2.05) is 76.2 Å². The van der Waals surface area contributed by atoms with Crippen LogP contribution in [0.1, 0.15) is 98.8 Å². The maximum atomic E-state index is 8.83. The normalized spacial score (nSPS) is 21.7. The lowest BCUT2D eigenvalue weighted by molar-refractivity contribution is 0.211. The zero-order chi connectivity index (χ0) is 32.5. The lowest BCUT2D eigenvalue weighted by Crippen LogP contribution is -2.31. The summed E-state index contributed by atoms with van der Waals surface area (Å²) in [5, 5.41) is 37.5. The highest BCUT2D eigenvalue weighted by atomic mass is 35.5. The molecule has 7 nitrogen and oxygen atoms in total. The van der Waals surface area contributed by atoms with E-state index in [0.717, 1.165) is 85.9 Å². The van der Waals surface area contributed by atoms with Crippen molar-refractivity contribution in [3.63, 3.8) is 0 Å². The zero-order valence-electron chi connectivity index (χ0n) is 26.9. The van der Waals surface area contributed by atoms with E-state index in [1.54, 1.807) is 0 Å². The molecule has 236 valence electrons. The minimum Gasteiger partial charge on any atom is -0.399 e. The topological polar surface area (TPSA) is 145 Å². The van der Waals surface area contributed by atoms with E-state index in [4.69, 9.17) is 38.7 Å². The van der Waals surface area contributed by atoms with Crippen LogP contribution in [0.5, 0.6) is 0 Å². The second-order valence-electron chi connectivity index (χ2n) is 10.7. The van der Waals surface area contributed by atoms with Crippen LogP contribution in [0.25, 0.3) is 0 Å². The van der Waals surface area contributed by atoms with Crippen molar-refractivity contribution in [3.8, 4) is 12.1 Å². The monoisotopic (exact) mass is 607 g/mol. The molecule has 2 aliphatic rings. The van der Waals surface area contributed by atoms with Gasteiger partial charge in [0.2, 0.25) is 0 Å². The average Bonchev–Trinajstić information content (AvgIpc) is 3.04. The number of halogens is 1. The summed E-state index contributed by atoms with van der Waals surface area (Å²) in [6.07, 6.45) is 12.3. The van der Waals surface area contributed by atoms with Crippen molar-refractivity contribution < 1.29 is 0 Å². The molecule has 0 radical (unpaired) electrons. The number of hydrogen-bond donors (Lipinski definition) is 5. The first-order chi connectivity index (χ1) is 20.8. The van der Waals surface area contributed by atoms with Crippen LogP contribution in [-0.2, 0) is 0 Å². The highest BCUT2D eigenvalue weighted by Gasteiger charge is 2.30. The first kappa shape index (κ1) is 39.5. The van der Waals surface area contributed by atoms with Crippen molar-refractivity contribution in [1.82, 2.24) is 0 Å². The standard InChI is InChI=1S/C15H21N3.C14H17ClN2.C2H4N2.2C2H6/c1-15(10-11-16)8-6-14(7-9-15)18-13-4-2-12(17)3-5-13;15-13-3-1-2-4-14(13)17-12-7-5-11(6-8-12)9-10-16;3-1-2-4;2*1-2/h2-5,14,18H,6-10,17H2,1H3;1-4,11-12,17H,5-9H2;1-4H;2*1-2H3. The van der Waals surface area contributed by atoms with Gasteiger partial charge in [-0.25, -0.2) is 0 Å². The molecule has 2 aliphatic carbocycles. The highest BCUT2D eigenvalue weighted by molar-refractivity contribution is 6.33. The van der Waals surface area contributed by atoms with Crippen molar-refractivity contribution in [3.05, 3.63) is 53.6 Å². The molecule has 0 bridgehead atoms. The van der Waals surface area contributed by atoms with Crippen LogP contribution >= 0.6 is 11.6 Å². The summed E-state index contributed by atoms with van der Waals surface area (Å²) in [4.78, 5) is 0. The molecule has 0 spiro atoms. The quantitative estimate of drug-likeness (QED) is 0.157. The molecular formula is C35H54ClN7. The number of nitrogens with one attached hydrogen (secondary N) is 4. The Morgan fingerprint density at radius 1 is 0.837 bits per heavy atom. The second kappa shape index (κ2) is 24.0. The number of para-hydroxylation sites is 1. The number of hydrogen-bond acceptors (Lipinski definition) is 7. The summed E-state index contributed by atoms with van der Waals surface area (Å²) in [5.41, 5.74) is 8.86. The van der Waals surface area contributed by atoms with Gasteiger partial charge in [-0.2, -0.15) is 10.5 Å². The summed E-state index contributed by atoms with van der Waals surface area (Å²) in [7, 11) is 0. The van der Waals surface area contributed by atoms with E-state index in [2.05, 4.69) is 29.7 Å². The van der Waals surface area contributed by atoms with Gasteiger partial charge in [-0.3, -0.25) is 0 Å². The number of anilines is 3. The Balaban J connectivity index is 0.000000663. The Kier molecular flexibility index (Phi) is 22.0. The third kappa shape index (κ3) is 16.6. The SMILES string of the molecule is CC.CC.CC1(CC#N)CCC(Nc2ccc(N)cc2)CC1.N#CCC1CCC(Nc2ccccc2Cl)CC1.N=CC=N. The Morgan fingerprint density at radius 2 is 1.37 bits per heavy atom. The number of nitrogens with two attached hydrogens (primary N) is 1. The third-order valence-electron chi connectivity index (χ3n) is 7.52. The molecule has 0 amide bonds. The van der Waals surface area contributed by atoms with Crippen molar-refractivity contribution >= 4 is 41.1 Å². The predicted molar refractivity (Wildman–Crippen MR) is 186 cm³/mol. The van der Waals surface area contributed by atoms with Gasteiger partial charge in [0.1, 0.15) is 0 Å². The van der Waals surface area contributed by atoms with Crippen LogP contribution in [-0.4, -0.2) is 24.5 Å². The van der Waals surface area contributed by atoms with Crippen LogP contribution in [0, 0.1) is 44.8 Å². The van der Waals surface area contributed by atoms with Crippen molar-refractivity contribution in [2.75, 3.05) is 16.4 Å². The number of nitrogen functional groups attached to an aromatic ring is 1. The molecule has 0 aromatic heterocycles. The molecule has 2 fully saturated rings. The van der Waals surface area contributed by atoms with Crippen molar-refractivity contribution in [2.24, 2.45) is 11.3 Å². The van der Waals surface area contributed by atoms with Gasteiger partial charge in [-0.15, -0.1) is 0 Å². The van der Waals surface area contributed by atoms with Crippen LogP contribution in [0.3, 0.4) is 0 Å². The third-order valence-corrected chi connectivity index (χ3v) is 7.85. The number of nitrogens with zero attached hydrogens (tertiary/aromatic N) is 2. The second-order valence-corrected chi connectivity index (χ2v) is 11.1. The maximum Gasteiger partial charge on any atom is 0.0637 e. The number of nitriles is 2. The lowest BCUT2D eigenvalue weighted by atomic mass is 9.72. The minimum absolute atomic E-state index is 0.230. The molecule has 0 unspecified atom stereocenters. The predicted octanol–water partition coefficient (Wildman–Crippen LogP) is 10.1. The van der Waals surface area contributed by atoms with E-state index >= 15 is 0 Å². The Hall–Kier alpha value is -3.55. The fraction of sp³-hybridized carbons (Fsp3) is 0.543. The van der Waals surface area contributed by atoms with E-state index in [9.17, 15) is 0 Å². The molecular weight excluding hydrogens is 554 g/mol. The summed E-state index contributed by atoms with van der Waals surface area (Å²) in [5.74, 6) is 0.601. The first-order valence-corrected chi connectivity index (χ1v) is 16.1. The molecule has 2 aromatic carbocycles. The Bertz CT molecular complexity index is 1080. The van der Waals surface area contributed by atoms with Crippen molar-refractivity contribution in [2.45, 2.75) is 111 Å². The fourth-order valence-corrected chi connectivity index (χ4v) is 5.27. The van der Waals surface area contributed by atoms with Gasteiger partial charge < -0.3 is 27.2 Å².